The van der Waals surface area contributed by atoms with Gasteiger partial charge in [0.1, 0.15) is 12.0 Å². The average Bonchev–Trinajstić information content (AvgIpc) is 2.81. The van der Waals surface area contributed by atoms with Crippen LogP contribution >= 0.6 is 0 Å². The number of aldehydes is 1. The SMILES string of the molecule is O=Cc1ccc(OC(F)C(F)(F)C(F)(F)C(F)(F)C(F)(F)C(F)(F)C(F)C(F)C(F)C(F)C(F)F)cc1. The third-order valence-electron chi connectivity index (χ3n) is 4.64. The summed E-state index contributed by atoms with van der Waals surface area (Å²) in [5.74, 6) is -40.1. The highest BCUT2D eigenvalue weighted by molar-refractivity contribution is 5.74. The van der Waals surface area contributed by atoms with E-state index in [1.54, 1.807) is 0 Å². The predicted molar refractivity (Wildman–Crippen MR) is 87.7 cm³/mol. The first-order valence-electron chi connectivity index (χ1n) is 9.11. The first-order valence-corrected chi connectivity index (χ1v) is 9.11. The monoisotopic (exact) mass is 582 g/mol. The van der Waals surface area contributed by atoms with Crippen molar-refractivity contribution in [1.29, 1.82) is 0 Å². The summed E-state index contributed by atoms with van der Waals surface area (Å²) in [4.78, 5) is 10.4. The third kappa shape index (κ3) is 5.53. The molecule has 0 saturated heterocycles. The highest BCUT2D eigenvalue weighted by Crippen LogP contribution is 2.59. The zero-order valence-corrected chi connectivity index (χ0v) is 17.1. The summed E-state index contributed by atoms with van der Waals surface area (Å²) in [6, 6.07) is 2.20. The molecule has 5 unspecified atom stereocenters. The number of carbonyl (C=O) groups is 1. The minimum absolute atomic E-state index is 0.120. The van der Waals surface area contributed by atoms with E-state index in [1.807, 2.05) is 0 Å². The Morgan fingerprint density at radius 1 is 0.595 bits per heavy atom. The molecule has 1 aromatic carbocycles. The van der Waals surface area contributed by atoms with Crippen molar-refractivity contribution < 1.29 is 84.2 Å². The summed E-state index contributed by atoms with van der Waals surface area (Å²) in [7, 11) is 0. The Morgan fingerprint density at radius 2 is 1.03 bits per heavy atom. The van der Waals surface area contributed by atoms with Crippen LogP contribution in [0.4, 0.5) is 74.6 Å². The van der Waals surface area contributed by atoms with Crippen LogP contribution in [0, 0.1) is 0 Å². The number of benzene rings is 1. The molecule has 0 saturated carbocycles. The van der Waals surface area contributed by atoms with Crippen LogP contribution in [0.1, 0.15) is 10.4 Å². The summed E-state index contributed by atoms with van der Waals surface area (Å²) < 4.78 is 231. The number of alkyl halides is 17. The Balaban J connectivity index is 3.35. The Kier molecular flexibility index (Phi) is 9.41. The van der Waals surface area contributed by atoms with Crippen LogP contribution in [-0.4, -0.2) is 73.4 Å². The molecule has 2 nitrogen and oxygen atoms in total. The molecule has 0 aromatic heterocycles. The second kappa shape index (κ2) is 10.7. The Hall–Kier alpha value is -2.50. The fraction of sp³-hybridized carbons (Fsp3) is 0.611. The molecule has 0 aliphatic rings. The Labute approximate surface area is 194 Å². The number of ether oxygens (including phenoxy) is 1. The molecule has 1 aromatic rings. The van der Waals surface area contributed by atoms with Crippen LogP contribution in [0.15, 0.2) is 24.3 Å². The fourth-order valence-electron chi connectivity index (χ4n) is 2.43. The van der Waals surface area contributed by atoms with Crippen molar-refractivity contribution >= 4 is 6.29 Å². The molecule has 0 radical (unpaired) electrons. The van der Waals surface area contributed by atoms with Gasteiger partial charge in [-0.25, -0.2) is 26.3 Å². The van der Waals surface area contributed by atoms with Gasteiger partial charge in [0.25, 0.3) is 6.43 Å². The van der Waals surface area contributed by atoms with Gasteiger partial charge in [-0.2, -0.15) is 48.3 Å². The summed E-state index contributed by atoms with van der Waals surface area (Å²) in [6.07, 6.45) is -29.6. The van der Waals surface area contributed by atoms with Gasteiger partial charge in [0.05, 0.1) is 0 Å². The minimum atomic E-state index is -8.18. The van der Waals surface area contributed by atoms with E-state index in [0.29, 0.717) is 24.3 Å². The van der Waals surface area contributed by atoms with Crippen LogP contribution in [0.25, 0.3) is 0 Å². The molecule has 214 valence electrons. The lowest BCUT2D eigenvalue weighted by Crippen LogP contribution is -2.71. The van der Waals surface area contributed by atoms with Gasteiger partial charge in [-0.3, -0.25) is 4.79 Å². The van der Waals surface area contributed by atoms with Gasteiger partial charge < -0.3 is 4.74 Å². The van der Waals surface area contributed by atoms with E-state index < -0.39 is 72.8 Å². The lowest BCUT2D eigenvalue weighted by molar-refractivity contribution is -0.421. The maximum Gasteiger partial charge on any atom is 0.385 e. The summed E-state index contributed by atoms with van der Waals surface area (Å²) in [5, 5.41) is 0. The van der Waals surface area contributed by atoms with Gasteiger partial charge in [-0.15, -0.1) is 0 Å². The van der Waals surface area contributed by atoms with Gasteiger partial charge in [0.15, 0.2) is 18.5 Å². The van der Waals surface area contributed by atoms with E-state index in [2.05, 4.69) is 4.74 Å². The Bertz CT molecular complexity index is 904. The first-order chi connectivity index (χ1) is 16.5. The maximum atomic E-state index is 13.8. The van der Waals surface area contributed by atoms with Gasteiger partial charge in [0, 0.05) is 5.56 Å². The van der Waals surface area contributed by atoms with Crippen LogP contribution in [0.2, 0.25) is 0 Å². The first kappa shape index (κ1) is 32.5. The predicted octanol–water partition coefficient (Wildman–Crippen LogP) is 6.97. The molecule has 0 heterocycles. The zero-order valence-electron chi connectivity index (χ0n) is 17.1. The quantitative estimate of drug-likeness (QED) is 0.186. The fourth-order valence-corrected chi connectivity index (χ4v) is 2.43. The topological polar surface area (TPSA) is 26.3 Å². The maximum absolute atomic E-state index is 13.8. The van der Waals surface area contributed by atoms with Gasteiger partial charge in [-0.05, 0) is 24.3 Å². The molecule has 1 rings (SSSR count). The van der Waals surface area contributed by atoms with E-state index in [-0.39, 0.29) is 11.8 Å². The van der Waals surface area contributed by atoms with Crippen LogP contribution in [0.5, 0.6) is 5.75 Å². The van der Waals surface area contributed by atoms with Crippen molar-refractivity contribution in [3.8, 4) is 5.75 Å². The molecular formula is C18H11F17O2. The highest BCUT2D eigenvalue weighted by Gasteiger charge is 2.89. The lowest BCUT2D eigenvalue weighted by Gasteiger charge is -2.41. The van der Waals surface area contributed by atoms with Gasteiger partial charge >= 0.3 is 36.0 Å². The van der Waals surface area contributed by atoms with Crippen molar-refractivity contribution in [3.63, 3.8) is 0 Å². The Morgan fingerprint density at radius 3 is 1.43 bits per heavy atom. The van der Waals surface area contributed by atoms with E-state index >= 15 is 0 Å². The van der Waals surface area contributed by atoms with Gasteiger partial charge in [0.2, 0.25) is 6.17 Å². The molecule has 37 heavy (non-hydrogen) atoms. The van der Waals surface area contributed by atoms with E-state index in [9.17, 15) is 79.4 Å². The molecule has 0 aliphatic heterocycles. The van der Waals surface area contributed by atoms with E-state index in [0.717, 1.165) is 0 Å². The molecule has 0 aliphatic carbocycles. The summed E-state index contributed by atoms with van der Waals surface area (Å²) in [5.41, 5.74) is -0.247. The lowest BCUT2D eigenvalue weighted by atomic mass is 9.89. The molecule has 19 heteroatoms. The van der Waals surface area contributed by atoms with Crippen molar-refractivity contribution in [1.82, 2.24) is 0 Å². The molecule has 0 N–H and O–H groups in total. The number of hydrogen-bond acceptors (Lipinski definition) is 2. The third-order valence-corrected chi connectivity index (χ3v) is 4.64. The van der Waals surface area contributed by atoms with E-state index in [1.165, 1.54) is 0 Å². The smallest absolute Gasteiger partial charge is 0.385 e. The molecule has 0 fully saturated rings. The standard InChI is InChI=1S/C18H11F17O2/c19-8(10(21)12(23)24)9(20)11(22)14(26,27)16(30,31)18(34,35)17(32,33)15(28,29)13(25)37-7-3-1-6(5-36)2-4-7/h1-5,8-13H. The summed E-state index contributed by atoms with van der Waals surface area (Å²) in [6.45, 7) is 0. The van der Waals surface area contributed by atoms with Crippen LogP contribution < -0.4 is 4.74 Å². The number of carbonyl (C=O) groups excluding carboxylic acids is 1. The highest BCUT2D eigenvalue weighted by atomic mass is 19.4. The minimum Gasteiger partial charge on any atom is -0.454 e. The summed E-state index contributed by atoms with van der Waals surface area (Å²) >= 11 is 0. The van der Waals surface area contributed by atoms with Gasteiger partial charge in [-0.1, -0.05) is 0 Å². The second-order valence-electron chi connectivity index (χ2n) is 7.16. The average molecular weight is 582 g/mol. The van der Waals surface area contributed by atoms with Crippen molar-refractivity contribution in [2.45, 2.75) is 67.1 Å². The molecule has 5 atom stereocenters. The largest absolute Gasteiger partial charge is 0.454 e. The van der Waals surface area contributed by atoms with Crippen LogP contribution in [0.3, 0.4) is 0 Å². The zero-order chi connectivity index (χ0) is 29.4. The molecule has 0 amide bonds. The van der Waals surface area contributed by atoms with Crippen molar-refractivity contribution in [3.05, 3.63) is 29.8 Å². The molecule has 0 spiro atoms. The molecular weight excluding hydrogens is 571 g/mol. The number of halogens is 17. The molecule has 0 bridgehead atoms. The normalized spacial score (nSPS) is 18.2. The van der Waals surface area contributed by atoms with E-state index in [4.69, 9.17) is 0 Å². The number of rotatable bonds is 13. The second-order valence-corrected chi connectivity index (χ2v) is 7.16. The number of hydrogen-bond donors (Lipinski definition) is 0. The van der Waals surface area contributed by atoms with Crippen LogP contribution in [-0.2, 0) is 0 Å². The van der Waals surface area contributed by atoms with Crippen molar-refractivity contribution in [2.24, 2.45) is 0 Å². The van der Waals surface area contributed by atoms with Crippen molar-refractivity contribution in [2.75, 3.05) is 0 Å².